The van der Waals surface area contributed by atoms with Crippen LogP contribution in [0.5, 0.6) is 5.75 Å². The van der Waals surface area contributed by atoms with Crippen molar-refractivity contribution in [2.24, 2.45) is 0 Å². The third-order valence-electron chi connectivity index (χ3n) is 3.34. The van der Waals surface area contributed by atoms with Crippen LogP contribution in [0.1, 0.15) is 5.56 Å². The maximum Gasteiger partial charge on any atom is 0.335 e. The molecule has 0 aliphatic carbocycles. The molecule has 5 N–H and O–H groups in total. The van der Waals surface area contributed by atoms with Gasteiger partial charge in [0.25, 0.3) is 0 Å². The number of carbonyl (C=O) groups is 2. The predicted molar refractivity (Wildman–Crippen MR) is 78.1 cm³/mol. The number of carboxylic acid groups (broad SMARTS) is 2. The van der Waals surface area contributed by atoms with Gasteiger partial charge in [-0.1, -0.05) is 12.1 Å². The molecule has 0 saturated carbocycles. The van der Waals surface area contributed by atoms with Crippen molar-refractivity contribution >= 4 is 18.0 Å². The maximum absolute atomic E-state index is 11.0. The topological polar surface area (TPSA) is 154 Å². The molecule has 1 aromatic rings. The van der Waals surface area contributed by atoms with Crippen LogP contribution in [-0.4, -0.2) is 68.2 Å². The second kappa shape index (κ2) is 7.41. The van der Waals surface area contributed by atoms with Crippen molar-refractivity contribution in [3.8, 4) is 5.75 Å². The zero-order valence-corrected chi connectivity index (χ0v) is 12.2. The van der Waals surface area contributed by atoms with E-state index in [-0.39, 0.29) is 5.75 Å². The molecule has 0 spiro atoms. The lowest BCUT2D eigenvalue weighted by atomic mass is 9.99. The maximum atomic E-state index is 11.0. The lowest BCUT2D eigenvalue weighted by Crippen LogP contribution is -2.61. The minimum Gasteiger partial charge on any atom is -0.479 e. The Morgan fingerprint density at radius 1 is 1.08 bits per heavy atom. The minimum atomic E-state index is -1.80. The van der Waals surface area contributed by atoms with E-state index in [9.17, 15) is 24.9 Å². The Kier molecular flexibility index (Phi) is 5.52. The lowest BCUT2D eigenvalue weighted by Gasteiger charge is -2.38. The molecule has 0 unspecified atom stereocenters. The molecule has 0 aromatic heterocycles. The number of benzene rings is 1. The van der Waals surface area contributed by atoms with Crippen LogP contribution in [0.15, 0.2) is 30.3 Å². The van der Waals surface area contributed by atoms with Crippen molar-refractivity contribution in [2.75, 3.05) is 0 Å². The summed E-state index contributed by atoms with van der Waals surface area (Å²) in [7, 11) is 0. The van der Waals surface area contributed by atoms with Gasteiger partial charge >= 0.3 is 11.9 Å². The summed E-state index contributed by atoms with van der Waals surface area (Å²) in [6, 6.07) is 6.05. The summed E-state index contributed by atoms with van der Waals surface area (Å²) < 4.78 is 10.3. The van der Waals surface area contributed by atoms with Crippen LogP contribution in [-0.2, 0) is 14.3 Å². The van der Waals surface area contributed by atoms with Gasteiger partial charge in [0, 0.05) is 6.08 Å². The summed E-state index contributed by atoms with van der Waals surface area (Å²) >= 11 is 0. The average molecular weight is 340 g/mol. The molecule has 0 bridgehead atoms. The van der Waals surface area contributed by atoms with Crippen LogP contribution < -0.4 is 4.74 Å². The number of ether oxygens (including phenoxy) is 2. The van der Waals surface area contributed by atoms with Gasteiger partial charge in [-0.05, 0) is 23.8 Å². The number of hydrogen-bond donors (Lipinski definition) is 5. The highest BCUT2D eigenvalue weighted by atomic mass is 16.7. The largest absolute Gasteiger partial charge is 0.479 e. The highest BCUT2D eigenvalue weighted by molar-refractivity contribution is 5.85. The van der Waals surface area contributed by atoms with Gasteiger partial charge in [0.05, 0.1) is 0 Å². The van der Waals surface area contributed by atoms with E-state index in [1.54, 1.807) is 12.1 Å². The molecule has 24 heavy (non-hydrogen) atoms. The van der Waals surface area contributed by atoms with Crippen LogP contribution in [0.4, 0.5) is 0 Å². The van der Waals surface area contributed by atoms with Gasteiger partial charge in [0.2, 0.25) is 6.29 Å². The molecule has 9 heteroatoms. The zero-order valence-electron chi connectivity index (χ0n) is 12.2. The highest BCUT2D eigenvalue weighted by Crippen LogP contribution is 2.25. The summed E-state index contributed by atoms with van der Waals surface area (Å²) in [5.41, 5.74) is 0.482. The van der Waals surface area contributed by atoms with Crippen LogP contribution in [0.3, 0.4) is 0 Å². The highest BCUT2D eigenvalue weighted by Gasteiger charge is 2.48. The molecule has 1 aliphatic rings. The molecule has 9 nitrogen and oxygen atoms in total. The van der Waals surface area contributed by atoms with Crippen molar-refractivity contribution in [3.05, 3.63) is 35.9 Å². The molecule has 1 aliphatic heterocycles. The average Bonchev–Trinajstić information content (AvgIpc) is 2.53. The summed E-state index contributed by atoms with van der Waals surface area (Å²) in [6.45, 7) is 0. The van der Waals surface area contributed by atoms with E-state index in [4.69, 9.17) is 19.7 Å². The third-order valence-corrected chi connectivity index (χ3v) is 3.34. The fourth-order valence-electron chi connectivity index (χ4n) is 2.14. The fourth-order valence-corrected chi connectivity index (χ4v) is 2.14. The number of aliphatic carboxylic acids is 2. The molecule has 5 atom stereocenters. The van der Waals surface area contributed by atoms with Crippen molar-refractivity contribution in [1.82, 2.24) is 0 Å². The Morgan fingerprint density at radius 2 is 1.79 bits per heavy atom. The van der Waals surface area contributed by atoms with Gasteiger partial charge in [0.15, 0.2) is 6.10 Å². The van der Waals surface area contributed by atoms with E-state index >= 15 is 0 Å². The fraction of sp³-hybridized carbons (Fsp3) is 0.333. The molecule has 1 heterocycles. The number of aliphatic hydroxyl groups excluding tert-OH is 3. The van der Waals surface area contributed by atoms with Gasteiger partial charge in [-0.25, -0.2) is 9.59 Å². The van der Waals surface area contributed by atoms with Gasteiger partial charge < -0.3 is 35.0 Å². The van der Waals surface area contributed by atoms with Crippen molar-refractivity contribution in [3.63, 3.8) is 0 Å². The normalized spacial score (nSPS) is 30.2. The Bertz CT molecular complexity index is 642. The van der Waals surface area contributed by atoms with Crippen LogP contribution in [0, 0.1) is 0 Å². The number of hydrogen-bond acceptors (Lipinski definition) is 7. The second-order valence-corrected chi connectivity index (χ2v) is 5.10. The van der Waals surface area contributed by atoms with Crippen LogP contribution in [0.25, 0.3) is 6.08 Å². The summed E-state index contributed by atoms with van der Waals surface area (Å²) in [6.07, 6.45) is -6.29. The second-order valence-electron chi connectivity index (χ2n) is 5.10. The van der Waals surface area contributed by atoms with Crippen LogP contribution >= 0.6 is 0 Å². The summed E-state index contributed by atoms with van der Waals surface area (Å²) in [5, 5.41) is 46.7. The number of rotatable bonds is 5. The van der Waals surface area contributed by atoms with Crippen molar-refractivity contribution in [1.29, 1.82) is 0 Å². The van der Waals surface area contributed by atoms with E-state index in [1.165, 1.54) is 18.2 Å². The quantitative estimate of drug-likeness (QED) is 0.427. The SMILES string of the molecule is O=C(O)C=Cc1cccc(O[C@@H]2O[C@H](C(=O)O)[C@@H](O)[C@H](O)[C@H]2O)c1. The minimum absolute atomic E-state index is 0.152. The number of carboxylic acids is 2. The first-order chi connectivity index (χ1) is 11.3. The van der Waals surface area contributed by atoms with Gasteiger partial charge in [-0.3, -0.25) is 0 Å². The molecular formula is C15H16O9. The van der Waals surface area contributed by atoms with Gasteiger partial charge in [-0.15, -0.1) is 0 Å². The standard InChI is InChI=1S/C15H16O9/c16-9(17)5-4-7-2-1-3-8(6-7)23-15-12(20)10(18)11(19)13(24-15)14(21)22/h1-6,10-13,15,18-20H,(H,16,17)(H,21,22)/t10-,11-,12+,13-,15+/m0/s1. The molecule has 1 saturated heterocycles. The van der Waals surface area contributed by atoms with E-state index < -0.39 is 42.6 Å². The lowest BCUT2D eigenvalue weighted by molar-refractivity contribution is -0.271. The Balaban J connectivity index is 2.16. The molecule has 1 aromatic carbocycles. The molecule has 0 radical (unpaired) electrons. The van der Waals surface area contributed by atoms with E-state index in [1.807, 2.05) is 0 Å². The van der Waals surface area contributed by atoms with E-state index in [0.29, 0.717) is 5.56 Å². The third kappa shape index (κ3) is 4.09. The summed E-state index contributed by atoms with van der Waals surface area (Å²) in [4.78, 5) is 21.5. The molecule has 130 valence electrons. The Hall–Kier alpha value is -2.46. The Morgan fingerprint density at radius 3 is 2.42 bits per heavy atom. The van der Waals surface area contributed by atoms with Gasteiger partial charge in [0.1, 0.15) is 24.1 Å². The van der Waals surface area contributed by atoms with E-state index in [0.717, 1.165) is 6.08 Å². The first-order valence-electron chi connectivity index (χ1n) is 6.90. The first-order valence-corrected chi connectivity index (χ1v) is 6.90. The Labute approximate surface area is 136 Å². The monoisotopic (exact) mass is 340 g/mol. The van der Waals surface area contributed by atoms with E-state index in [2.05, 4.69) is 0 Å². The van der Waals surface area contributed by atoms with Crippen molar-refractivity contribution in [2.45, 2.75) is 30.7 Å². The number of aliphatic hydroxyl groups is 3. The van der Waals surface area contributed by atoms with Gasteiger partial charge in [-0.2, -0.15) is 0 Å². The molecule has 0 amide bonds. The summed E-state index contributed by atoms with van der Waals surface area (Å²) in [5.74, 6) is -2.49. The predicted octanol–water partition coefficient (Wildman–Crippen LogP) is -0.945. The zero-order chi connectivity index (χ0) is 17.9. The first kappa shape index (κ1) is 17.9. The molecule has 2 rings (SSSR count). The molecule has 1 fully saturated rings. The van der Waals surface area contributed by atoms with Crippen LogP contribution in [0.2, 0.25) is 0 Å². The molecular weight excluding hydrogens is 324 g/mol. The smallest absolute Gasteiger partial charge is 0.335 e. The van der Waals surface area contributed by atoms with Crippen molar-refractivity contribution < 1.29 is 44.6 Å².